The standard InChI is InChI=1S/C10H19O2/c1-2-3-4-5-6-7-9-12-10-8-11/h2H,1,3-10H2. The molecule has 0 heterocycles. The molecule has 0 atom stereocenters. The third-order valence-electron chi connectivity index (χ3n) is 1.67. The van der Waals surface area contributed by atoms with Crippen molar-refractivity contribution in [2.24, 2.45) is 0 Å². The second-order valence-electron chi connectivity index (χ2n) is 2.81. The Morgan fingerprint density at radius 2 is 1.83 bits per heavy atom. The SMILES string of the molecule is C=CCCCCCCOCC[O]. The lowest BCUT2D eigenvalue weighted by Gasteiger charge is -2.00. The zero-order valence-corrected chi connectivity index (χ0v) is 7.76. The van der Waals surface area contributed by atoms with Crippen molar-refractivity contribution in [3.63, 3.8) is 0 Å². The molecule has 0 aromatic rings. The van der Waals surface area contributed by atoms with Crippen LogP contribution >= 0.6 is 0 Å². The van der Waals surface area contributed by atoms with Gasteiger partial charge in [-0.15, -0.1) is 6.58 Å². The van der Waals surface area contributed by atoms with Crippen molar-refractivity contribution in [1.82, 2.24) is 0 Å². The highest BCUT2D eigenvalue weighted by Crippen LogP contribution is 2.02. The predicted molar refractivity (Wildman–Crippen MR) is 49.7 cm³/mol. The Morgan fingerprint density at radius 1 is 1.08 bits per heavy atom. The molecular formula is C10H19O2. The minimum Gasteiger partial charge on any atom is -0.379 e. The quantitative estimate of drug-likeness (QED) is 0.387. The number of hydrogen-bond acceptors (Lipinski definition) is 1. The molecule has 0 aliphatic rings. The lowest BCUT2D eigenvalue weighted by atomic mass is 10.1. The number of ether oxygens (including phenoxy) is 1. The molecule has 2 heteroatoms. The summed E-state index contributed by atoms with van der Waals surface area (Å²) in [5.74, 6) is 0. The summed E-state index contributed by atoms with van der Waals surface area (Å²) in [5.41, 5.74) is 0. The van der Waals surface area contributed by atoms with Gasteiger partial charge in [-0.2, -0.15) is 0 Å². The van der Waals surface area contributed by atoms with Gasteiger partial charge in [0, 0.05) is 6.61 Å². The summed E-state index contributed by atoms with van der Waals surface area (Å²) in [6.45, 7) is 4.66. The van der Waals surface area contributed by atoms with Crippen LogP contribution in [0.4, 0.5) is 0 Å². The van der Waals surface area contributed by atoms with E-state index >= 15 is 0 Å². The van der Waals surface area contributed by atoms with Crippen LogP contribution in [0.3, 0.4) is 0 Å². The van der Waals surface area contributed by atoms with Crippen LogP contribution in [-0.2, 0) is 9.84 Å². The summed E-state index contributed by atoms with van der Waals surface area (Å²) in [7, 11) is 0. The van der Waals surface area contributed by atoms with Gasteiger partial charge in [-0.1, -0.05) is 18.9 Å². The van der Waals surface area contributed by atoms with E-state index in [0.29, 0.717) is 6.61 Å². The van der Waals surface area contributed by atoms with Crippen molar-refractivity contribution in [2.45, 2.75) is 32.1 Å². The van der Waals surface area contributed by atoms with Gasteiger partial charge in [0.15, 0.2) is 0 Å². The van der Waals surface area contributed by atoms with Crippen molar-refractivity contribution < 1.29 is 9.84 Å². The smallest absolute Gasteiger partial charge is 0.106 e. The van der Waals surface area contributed by atoms with Crippen LogP contribution in [0.25, 0.3) is 0 Å². The maximum absolute atomic E-state index is 9.97. The Hall–Kier alpha value is -0.340. The molecule has 0 amide bonds. The third kappa shape index (κ3) is 9.66. The van der Waals surface area contributed by atoms with Crippen LogP contribution in [0.1, 0.15) is 32.1 Å². The summed E-state index contributed by atoms with van der Waals surface area (Å²) in [6, 6.07) is 0. The van der Waals surface area contributed by atoms with Crippen molar-refractivity contribution in [1.29, 1.82) is 0 Å². The molecule has 0 fully saturated rings. The molecule has 71 valence electrons. The molecule has 2 nitrogen and oxygen atoms in total. The summed E-state index contributed by atoms with van der Waals surface area (Å²) in [5, 5.41) is 9.97. The summed E-state index contributed by atoms with van der Waals surface area (Å²) in [4.78, 5) is 0. The van der Waals surface area contributed by atoms with E-state index in [9.17, 15) is 5.11 Å². The Morgan fingerprint density at radius 3 is 2.50 bits per heavy atom. The fourth-order valence-corrected chi connectivity index (χ4v) is 1.01. The molecule has 1 radical (unpaired) electrons. The van der Waals surface area contributed by atoms with Crippen molar-refractivity contribution >= 4 is 0 Å². The van der Waals surface area contributed by atoms with Gasteiger partial charge in [0.05, 0.1) is 6.61 Å². The minimum atomic E-state index is -0.115. The second kappa shape index (κ2) is 10.7. The number of rotatable bonds is 9. The van der Waals surface area contributed by atoms with Gasteiger partial charge < -0.3 is 4.74 Å². The molecule has 0 saturated heterocycles. The van der Waals surface area contributed by atoms with Gasteiger partial charge in [0.2, 0.25) is 0 Å². The molecule has 0 unspecified atom stereocenters. The Labute approximate surface area is 75.2 Å². The average molecular weight is 171 g/mol. The van der Waals surface area contributed by atoms with Crippen LogP contribution in [-0.4, -0.2) is 19.8 Å². The van der Waals surface area contributed by atoms with Crippen LogP contribution in [0.5, 0.6) is 0 Å². The molecule has 12 heavy (non-hydrogen) atoms. The van der Waals surface area contributed by atoms with Crippen LogP contribution in [0, 0.1) is 0 Å². The monoisotopic (exact) mass is 171 g/mol. The number of allylic oxidation sites excluding steroid dienone is 1. The number of hydrogen-bond donors (Lipinski definition) is 0. The molecule has 0 spiro atoms. The second-order valence-corrected chi connectivity index (χ2v) is 2.81. The molecule has 0 rings (SSSR count). The first kappa shape index (κ1) is 11.7. The first-order chi connectivity index (χ1) is 5.91. The molecular weight excluding hydrogens is 152 g/mol. The molecule has 0 aliphatic carbocycles. The van der Waals surface area contributed by atoms with E-state index in [0.717, 1.165) is 19.4 Å². The van der Waals surface area contributed by atoms with Gasteiger partial charge in [-0.05, 0) is 19.3 Å². The normalized spacial score (nSPS) is 10.1. The first-order valence-electron chi connectivity index (χ1n) is 4.68. The van der Waals surface area contributed by atoms with E-state index in [1.807, 2.05) is 6.08 Å². The topological polar surface area (TPSA) is 29.1 Å². The first-order valence-corrected chi connectivity index (χ1v) is 4.68. The summed E-state index contributed by atoms with van der Waals surface area (Å²) < 4.78 is 5.06. The lowest BCUT2D eigenvalue weighted by Crippen LogP contribution is -1.99. The lowest BCUT2D eigenvalue weighted by molar-refractivity contribution is 0.0619. The Kier molecular flexibility index (Phi) is 10.4. The van der Waals surface area contributed by atoms with Gasteiger partial charge in [0.1, 0.15) is 6.61 Å². The van der Waals surface area contributed by atoms with E-state index in [2.05, 4.69) is 6.58 Å². The van der Waals surface area contributed by atoms with Crippen LogP contribution < -0.4 is 0 Å². The summed E-state index contributed by atoms with van der Waals surface area (Å²) >= 11 is 0. The van der Waals surface area contributed by atoms with Gasteiger partial charge >= 0.3 is 0 Å². The van der Waals surface area contributed by atoms with E-state index < -0.39 is 0 Å². The molecule has 0 bridgehead atoms. The number of unbranched alkanes of at least 4 members (excludes halogenated alkanes) is 4. The zero-order valence-electron chi connectivity index (χ0n) is 7.76. The van der Waals surface area contributed by atoms with Crippen molar-refractivity contribution in [2.75, 3.05) is 19.8 Å². The highest BCUT2D eigenvalue weighted by atomic mass is 16.5. The maximum atomic E-state index is 9.97. The Bertz CT molecular complexity index is 91.8. The summed E-state index contributed by atoms with van der Waals surface area (Å²) in [6.07, 6.45) is 7.82. The third-order valence-corrected chi connectivity index (χ3v) is 1.67. The van der Waals surface area contributed by atoms with Gasteiger partial charge in [-0.3, -0.25) is 0 Å². The molecule has 0 aromatic heterocycles. The minimum absolute atomic E-state index is 0.115. The fourth-order valence-electron chi connectivity index (χ4n) is 1.01. The predicted octanol–water partition coefficient (Wildman–Crippen LogP) is 2.57. The van der Waals surface area contributed by atoms with E-state index in [4.69, 9.17) is 4.74 Å². The van der Waals surface area contributed by atoms with E-state index in [-0.39, 0.29) is 6.61 Å². The van der Waals surface area contributed by atoms with E-state index in [1.54, 1.807) is 0 Å². The molecule has 0 N–H and O–H groups in total. The van der Waals surface area contributed by atoms with Crippen molar-refractivity contribution in [3.05, 3.63) is 12.7 Å². The van der Waals surface area contributed by atoms with Crippen LogP contribution in [0.2, 0.25) is 0 Å². The zero-order chi connectivity index (χ0) is 9.07. The highest BCUT2D eigenvalue weighted by molar-refractivity contribution is 4.65. The highest BCUT2D eigenvalue weighted by Gasteiger charge is 1.89. The maximum Gasteiger partial charge on any atom is 0.106 e. The van der Waals surface area contributed by atoms with Crippen LogP contribution in [0.15, 0.2) is 12.7 Å². The Balaban J connectivity index is 2.77. The van der Waals surface area contributed by atoms with E-state index in [1.165, 1.54) is 19.3 Å². The fraction of sp³-hybridized carbons (Fsp3) is 0.800. The van der Waals surface area contributed by atoms with Gasteiger partial charge in [-0.25, -0.2) is 5.11 Å². The van der Waals surface area contributed by atoms with Gasteiger partial charge in [0.25, 0.3) is 0 Å². The molecule has 0 saturated carbocycles. The largest absolute Gasteiger partial charge is 0.379 e. The molecule has 0 aliphatic heterocycles. The van der Waals surface area contributed by atoms with Crippen molar-refractivity contribution in [3.8, 4) is 0 Å². The average Bonchev–Trinajstić information content (AvgIpc) is 2.10. The molecule has 0 aromatic carbocycles.